The average Bonchev–Trinajstić information content (AvgIpc) is 3.05. The summed E-state index contributed by atoms with van der Waals surface area (Å²) in [7, 11) is 1.71. The van der Waals surface area contributed by atoms with Crippen LogP contribution in [-0.2, 0) is 23.9 Å². The van der Waals surface area contributed by atoms with Gasteiger partial charge in [0.25, 0.3) is 11.8 Å². The molecular weight excluding hydrogens is 612 g/mol. The van der Waals surface area contributed by atoms with E-state index >= 15 is 0 Å². The van der Waals surface area contributed by atoms with Gasteiger partial charge in [-0.15, -0.1) is 0 Å². The normalized spacial score (nSPS) is 17.5. The lowest BCUT2D eigenvalue weighted by Gasteiger charge is -2.41. The van der Waals surface area contributed by atoms with Crippen molar-refractivity contribution in [2.45, 2.75) is 45.7 Å². The number of benzene rings is 1. The summed E-state index contributed by atoms with van der Waals surface area (Å²) in [6.45, 7) is 6.90. The lowest BCUT2D eigenvalue weighted by molar-refractivity contribution is -0.153. The van der Waals surface area contributed by atoms with E-state index in [0.29, 0.717) is 24.0 Å². The zero-order valence-corrected chi connectivity index (χ0v) is 27.1. The van der Waals surface area contributed by atoms with Crippen molar-refractivity contribution in [3.8, 4) is 5.75 Å². The summed E-state index contributed by atoms with van der Waals surface area (Å²) in [4.78, 5) is 87.1. The van der Waals surface area contributed by atoms with Crippen LogP contribution >= 0.6 is 0 Å². The molecule has 0 saturated carbocycles. The number of carboxylic acid groups (broad SMARTS) is 1. The number of carbonyl (C=O) groups excluding carboxylic acids is 5. The number of para-hydroxylation sites is 1. The smallest absolute Gasteiger partial charge is 0.409 e. The van der Waals surface area contributed by atoms with E-state index in [9.17, 15) is 33.9 Å². The standard InChI is InChI=1S/C32H42N6O9/c1-5-46-32(45)37-15-13-36(14-16-37)30(43)23(10-11-27(40)41)34-29(42)24-18-25(21-8-6-7-9-22(21)33-24)47-19-26(39)38-17-12-35(4)31(44)28(38)20(2)3/h6-9,18,20,23,28H,5,10-17,19H2,1-4H3,(H,34,42)(H,40,41)/t23-,28?/m0/s1. The average molecular weight is 655 g/mol. The highest BCUT2D eigenvalue weighted by Gasteiger charge is 2.38. The molecule has 2 aromatic rings. The first-order chi connectivity index (χ1) is 22.4. The first kappa shape index (κ1) is 34.9. The van der Waals surface area contributed by atoms with Gasteiger partial charge >= 0.3 is 12.1 Å². The Bertz CT molecular complexity index is 1510. The quantitative estimate of drug-likeness (QED) is 0.358. The second kappa shape index (κ2) is 15.6. The fraction of sp³-hybridized carbons (Fsp3) is 0.531. The molecular formula is C32H42N6O9. The van der Waals surface area contributed by atoms with E-state index in [2.05, 4.69) is 10.3 Å². The van der Waals surface area contributed by atoms with E-state index < -0.39 is 36.0 Å². The number of aromatic nitrogens is 1. The van der Waals surface area contributed by atoms with Crippen molar-refractivity contribution in [3.63, 3.8) is 0 Å². The van der Waals surface area contributed by atoms with Gasteiger partial charge in [0.1, 0.15) is 23.5 Å². The van der Waals surface area contributed by atoms with Crippen LogP contribution in [0.5, 0.6) is 5.75 Å². The van der Waals surface area contributed by atoms with E-state index in [1.54, 1.807) is 43.1 Å². The summed E-state index contributed by atoms with van der Waals surface area (Å²) in [6, 6.07) is 6.47. The molecule has 1 unspecified atom stereocenters. The molecule has 2 aliphatic heterocycles. The van der Waals surface area contributed by atoms with Gasteiger partial charge in [-0.25, -0.2) is 9.78 Å². The van der Waals surface area contributed by atoms with Crippen LogP contribution in [0, 0.1) is 5.92 Å². The third-order valence-corrected chi connectivity index (χ3v) is 8.22. The van der Waals surface area contributed by atoms with Crippen LogP contribution in [0.3, 0.4) is 0 Å². The Labute approximate surface area is 272 Å². The molecule has 2 N–H and O–H groups in total. The molecule has 15 heteroatoms. The largest absolute Gasteiger partial charge is 0.483 e. The lowest BCUT2D eigenvalue weighted by atomic mass is 9.99. The van der Waals surface area contributed by atoms with Crippen molar-refractivity contribution in [1.82, 2.24) is 29.9 Å². The number of carbonyl (C=O) groups is 6. The van der Waals surface area contributed by atoms with Crippen molar-refractivity contribution in [1.29, 1.82) is 0 Å². The van der Waals surface area contributed by atoms with Gasteiger partial charge in [-0.1, -0.05) is 26.0 Å². The fourth-order valence-electron chi connectivity index (χ4n) is 5.69. The maximum absolute atomic E-state index is 13.5. The van der Waals surface area contributed by atoms with Gasteiger partial charge in [-0.05, 0) is 31.4 Å². The van der Waals surface area contributed by atoms with E-state index in [-0.39, 0.29) is 81.4 Å². The SMILES string of the molecule is CCOC(=O)N1CCN(C(=O)[C@H](CCC(=O)O)NC(=O)c2cc(OCC(=O)N3CCN(C)C(=O)C3C(C)C)c3ccccc3n2)CC1. The molecule has 4 rings (SSSR count). The summed E-state index contributed by atoms with van der Waals surface area (Å²) in [5.41, 5.74) is 0.308. The number of pyridine rings is 1. The van der Waals surface area contributed by atoms with Crippen LogP contribution in [0.2, 0.25) is 0 Å². The molecule has 0 spiro atoms. The van der Waals surface area contributed by atoms with Crippen LogP contribution < -0.4 is 10.1 Å². The van der Waals surface area contributed by atoms with Gasteiger partial charge in [0, 0.05) is 64.2 Å². The Morgan fingerprint density at radius 3 is 2.36 bits per heavy atom. The van der Waals surface area contributed by atoms with Gasteiger partial charge in [-0.2, -0.15) is 0 Å². The van der Waals surface area contributed by atoms with E-state index in [1.165, 1.54) is 20.8 Å². The molecule has 3 heterocycles. The second-order valence-corrected chi connectivity index (χ2v) is 11.8. The van der Waals surface area contributed by atoms with Crippen LogP contribution in [0.15, 0.2) is 30.3 Å². The summed E-state index contributed by atoms with van der Waals surface area (Å²) < 4.78 is 11.0. The molecule has 5 amide bonds. The molecule has 47 heavy (non-hydrogen) atoms. The minimum atomic E-state index is -1.17. The Morgan fingerprint density at radius 1 is 1.02 bits per heavy atom. The van der Waals surface area contributed by atoms with Crippen molar-refractivity contribution in [3.05, 3.63) is 36.0 Å². The minimum absolute atomic E-state index is 0.0961. The summed E-state index contributed by atoms with van der Waals surface area (Å²) >= 11 is 0. The number of hydrogen-bond acceptors (Lipinski definition) is 9. The second-order valence-electron chi connectivity index (χ2n) is 11.8. The fourth-order valence-corrected chi connectivity index (χ4v) is 5.69. The third kappa shape index (κ3) is 8.45. The van der Waals surface area contributed by atoms with E-state index in [1.807, 2.05) is 13.8 Å². The highest BCUT2D eigenvalue weighted by Crippen LogP contribution is 2.26. The number of carboxylic acids is 1. The number of amides is 5. The predicted octanol–water partition coefficient (Wildman–Crippen LogP) is 1.20. The van der Waals surface area contributed by atoms with Gasteiger partial charge in [0.15, 0.2) is 6.61 Å². The van der Waals surface area contributed by atoms with Gasteiger partial charge in [0.2, 0.25) is 11.8 Å². The molecule has 2 saturated heterocycles. The molecule has 2 aliphatic rings. The van der Waals surface area contributed by atoms with E-state index in [4.69, 9.17) is 9.47 Å². The Morgan fingerprint density at radius 2 is 1.70 bits per heavy atom. The lowest BCUT2D eigenvalue weighted by Crippen LogP contribution is -2.60. The van der Waals surface area contributed by atoms with E-state index in [0.717, 1.165) is 0 Å². The Kier molecular flexibility index (Phi) is 11.6. The first-order valence-electron chi connectivity index (χ1n) is 15.7. The topological polar surface area (TPSA) is 179 Å². The summed E-state index contributed by atoms with van der Waals surface area (Å²) in [5.74, 6) is -2.75. The molecule has 2 atom stereocenters. The zero-order valence-electron chi connectivity index (χ0n) is 27.1. The first-order valence-corrected chi connectivity index (χ1v) is 15.7. The third-order valence-electron chi connectivity index (χ3n) is 8.22. The van der Waals surface area contributed by atoms with Crippen LogP contribution in [0.1, 0.15) is 44.1 Å². The molecule has 2 fully saturated rings. The van der Waals surface area contributed by atoms with Gasteiger partial charge < -0.3 is 39.5 Å². The molecule has 0 bridgehead atoms. The van der Waals surface area contributed by atoms with Gasteiger partial charge in [0.05, 0.1) is 12.1 Å². The number of aliphatic carboxylic acids is 1. The van der Waals surface area contributed by atoms with Gasteiger partial charge in [-0.3, -0.25) is 24.0 Å². The molecule has 0 aliphatic carbocycles. The Hall–Kier alpha value is -4.95. The van der Waals surface area contributed by atoms with Crippen LogP contribution in [0.25, 0.3) is 10.9 Å². The van der Waals surface area contributed by atoms with Crippen molar-refractivity contribution < 1.29 is 43.3 Å². The maximum Gasteiger partial charge on any atom is 0.409 e. The molecule has 15 nitrogen and oxygen atoms in total. The van der Waals surface area contributed by atoms with Crippen molar-refractivity contribution in [2.75, 3.05) is 59.5 Å². The van der Waals surface area contributed by atoms with Crippen molar-refractivity contribution in [2.24, 2.45) is 5.92 Å². The van der Waals surface area contributed by atoms with Crippen molar-refractivity contribution >= 4 is 46.6 Å². The van der Waals surface area contributed by atoms with Crippen LogP contribution in [0.4, 0.5) is 4.79 Å². The molecule has 1 aromatic carbocycles. The number of nitrogens with zero attached hydrogens (tertiary/aromatic N) is 5. The minimum Gasteiger partial charge on any atom is -0.483 e. The zero-order chi connectivity index (χ0) is 34.2. The Balaban J connectivity index is 1.51. The monoisotopic (exact) mass is 654 g/mol. The number of nitrogens with one attached hydrogen (secondary N) is 1. The summed E-state index contributed by atoms with van der Waals surface area (Å²) in [6.07, 6.45) is -1.01. The number of piperazine rings is 2. The number of rotatable bonds is 11. The predicted molar refractivity (Wildman–Crippen MR) is 169 cm³/mol. The number of hydrogen-bond donors (Lipinski definition) is 2. The number of fused-ring (bicyclic) bond motifs is 1. The number of ether oxygens (including phenoxy) is 2. The highest BCUT2D eigenvalue weighted by molar-refractivity contribution is 5.99. The maximum atomic E-state index is 13.5. The summed E-state index contributed by atoms with van der Waals surface area (Å²) in [5, 5.41) is 12.5. The highest BCUT2D eigenvalue weighted by atomic mass is 16.6. The molecule has 254 valence electrons. The molecule has 0 radical (unpaired) electrons. The van der Waals surface area contributed by atoms with Crippen LogP contribution in [-0.4, -0.2) is 137 Å². The number of likely N-dealkylation sites (N-methyl/N-ethyl adjacent to an activating group) is 1. The molecule has 1 aromatic heterocycles.